The van der Waals surface area contributed by atoms with Gasteiger partial charge in [-0.15, -0.1) is 0 Å². The van der Waals surface area contributed by atoms with E-state index >= 15 is 0 Å². The van der Waals surface area contributed by atoms with Crippen LogP contribution in [0.25, 0.3) is 0 Å². The lowest BCUT2D eigenvalue weighted by atomic mass is 9.40. The van der Waals surface area contributed by atoms with Crippen molar-refractivity contribution < 1.29 is 9.90 Å². The molecule has 24 heavy (non-hydrogen) atoms. The third-order valence-electron chi connectivity index (χ3n) is 9.84. The molecule has 4 rings (SSSR count). The van der Waals surface area contributed by atoms with Crippen LogP contribution < -0.4 is 0 Å². The first kappa shape index (κ1) is 17.1. The first-order chi connectivity index (χ1) is 11.2. The van der Waals surface area contributed by atoms with E-state index in [4.69, 9.17) is 0 Å². The zero-order valence-electron chi connectivity index (χ0n) is 16.1. The fourth-order valence-electron chi connectivity index (χ4n) is 8.28. The summed E-state index contributed by atoms with van der Waals surface area (Å²) in [7, 11) is 0. The summed E-state index contributed by atoms with van der Waals surface area (Å²) in [5.74, 6) is 3.15. The molecule has 0 aliphatic heterocycles. The van der Waals surface area contributed by atoms with Crippen LogP contribution in [-0.4, -0.2) is 17.0 Å². The predicted molar refractivity (Wildman–Crippen MR) is 96.5 cm³/mol. The minimum Gasteiger partial charge on any atom is -0.393 e. The Morgan fingerprint density at radius 3 is 2.38 bits per heavy atom. The lowest BCUT2D eigenvalue weighted by molar-refractivity contribution is -0.171. The number of rotatable bonds is 1. The SMILES string of the molecule is CC(=O)[C@H]1CCC2C3CCC4(C)C[C@H](O)CC[C@]4(C)C3CC[C@@]21C. The van der Waals surface area contributed by atoms with Gasteiger partial charge in [0.25, 0.3) is 0 Å². The molecule has 1 N–H and O–H groups in total. The number of Topliss-reactive ketones (excluding diaryl/α,β-unsaturated/α-hetero) is 1. The average Bonchev–Trinajstić information content (AvgIpc) is 2.86. The molecule has 2 heteroatoms. The van der Waals surface area contributed by atoms with Crippen LogP contribution in [0.15, 0.2) is 0 Å². The Bertz CT molecular complexity index is 542. The van der Waals surface area contributed by atoms with Crippen molar-refractivity contribution in [2.24, 2.45) is 39.9 Å². The van der Waals surface area contributed by atoms with Crippen LogP contribution >= 0.6 is 0 Å². The standard InChI is InChI=1S/C22H36O2/c1-14(23)17-5-6-18-16-8-10-20(2)13-15(24)7-12-22(20,4)19(16)9-11-21(17,18)3/h15-19,24H,5-13H2,1-4H3/t15-,16?,17-,18?,19?,20?,21-,22-/m1/s1. The highest BCUT2D eigenvalue weighted by Crippen LogP contribution is 2.70. The van der Waals surface area contributed by atoms with Gasteiger partial charge in [-0.05, 0) is 98.7 Å². The zero-order valence-corrected chi connectivity index (χ0v) is 16.1. The van der Waals surface area contributed by atoms with E-state index in [1.165, 1.54) is 38.5 Å². The molecule has 4 unspecified atom stereocenters. The summed E-state index contributed by atoms with van der Waals surface area (Å²) < 4.78 is 0. The summed E-state index contributed by atoms with van der Waals surface area (Å²) in [5, 5.41) is 10.3. The Labute approximate surface area is 147 Å². The van der Waals surface area contributed by atoms with Crippen LogP contribution in [0.2, 0.25) is 0 Å². The average molecular weight is 333 g/mol. The first-order valence-electron chi connectivity index (χ1n) is 10.4. The molecule has 136 valence electrons. The smallest absolute Gasteiger partial charge is 0.133 e. The van der Waals surface area contributed by atoms with Crippen LogP contribution in [-0.2, 0) is 4.79 Å². The summed E-state index contributed by atoms with van der Waals surface area (Å²) in [6.45, 7) is 9.28. The molecule has 0 aromatic carbocycles. The van der Waals surface area contributed by atoms with E-state index in [2.05, 4.69) is 20.8 Å². The predicted octanol–water partition coefficient (Wildman–Crippen LogP) is 4.99. The van der Waals surface area contributed by atoms with Crippen molar-refractivity contribution >= 4 is 5.78 Å². The van der Waals surface area contributed by atoms with Crippen LogP contribution in [0.5, 0.6) is 0 Å². The fourth-order valence-corrected chi connectivity index (χ4v) is 8.28. The van der Waals surface area contributed by atoms with Crippen molar-refractivity contribution in [3.8, 4) is 0 Å². The van der Waals surface area contributed by atoms with Gasteiger partial charge in [-0.25, -0.2) is 0 Å². The van der Waals surface area contributed by atoms with Gasteiger partial charge in [-0.3, -0.25) is 4.79 Å². The molecule has 4 aliphatic rings. The maximum Gasteiger partial charge on any atom is 0.133 e. The first-order valence-corrected chi connectivity index (χ1v) is 10.4. The van der Waals surface area contributed by atoms with Crippen molar-refractivity contribution in [1.29, 1.82) is 0 Å². The molecule has 0 heterocycles. The third kappa shape index (κ3) is 2.07. The van der Waals surface area contributed by atoms with Gasteiger partial charge in [0.1, 0.15) is 5.78 Å². The minimum absolute atomic E-state index is 0.0814. The lowest BCUT2D eigenvalue weighted by Crippen LogP contribution is -2.58. The van der Waals surface area contributed by atoms with E-state index < -0.39 is 0 Å². The number of fused-ring (bicyclic) bond motifs is 5. The van der Waals surface area contributed by atoms with Crippen molar-refractivity contribution in [2.45, 2.75) is 91.6 Å². The number of aliphatic hydroxyl groups excluding tert-OH is 1. The molecule has 0 aromatic rings. The van der Waals surface area contributed by atoms with Gasteiger partial charge < -0.3 is 5.11 Å². The van der Waals surface area contributed by atoms with Crippen LogP contribution in [0.3, 0.4) is 0 Å². The van der Waals surface area contributed by atoms with E-state index in [-0.39, 0.29) is 11.5 Å². The highest BCUT2D eigenvalue weighted by Gasteiger charge is 2.63. The number of hydrogen-bond acceptors (Lipinski definition) is 2. The van der Waals surface area contributed by atoms with Gasteiger partial charge in [0.05, 0.1) is 6.10 Å². The number of aliphatic hydroxyl groups is 1. The summed E-state index contributed by atoms with van der Waals surface area (Å²) in [5.41, 5.74) is 0.980. The van der Waals surface area contributed by atoms with Crippen molar-refractivity contribution in [2.75, 3.05) is 0 Å². The Balaban J connectivity index is 1.65. The van der Waals surface area contributed by atoms with E-state index in [0.717, 1.165) is 37.0 Å². The molecule has 4 saturated carbocycles. The third-order valence-corrected chi connectivity index (χ3v) is 9.84. The van der Waals surface area contributed by atoms with Crippen LogP contribution in [0.1, 0.15) is 85.5 Å². The maximum atomic E-state index is 12.2. The second kappa shape index (κ2) is 5.32. The molecule has 0 saturated heterocycles. The van der Waals surface area contributed by atoms with Crippen molar-refractivity contribution in [3.63, 3.8) is 0 Å². The monoisotopic (exact) mass is 332 g/mol. The van der Waals surface area contributed by atoms with E-state index in [0.29, 0.717) is 22.5 Å². The Morgan fingerprint density at radius 2 is 1.67 bits per heavy atom. The number of carbonyl (C=O) groups is 1. The maximum absolute atomic E-state index is 12.2. The molecular formula is C22H36O2. The highest BCUT2D eigenvalue weighted by atomic mass is 16.3. The Kier molecular flexibility index (Phi) is 3.78. The lowest BCUT2D eigenvalue weighted by Gasteiger charge is -2.65. The molecule has 0 amide bonds. The van der Waals surface area contributed by atoms with Crippen molar-refractivity contribution in [3.05, 3.63) is 0 Å². The zero-order chi connectivity index (χ0) is 17.3. The topological polar surface area (TPSA) is 37.3 Å². The summed E-state index contributed by atoms with van der Waals surface area (Å²) in [4.78, 5) is 12.2. The molecule has 4 aliphatic carbocycles. The molecule has 0 radical (unpaired) electrons. The molecular weight excluding hydrogens is 296 g/mol. The summed E-state index contributed by atoms with van der Waals surface area (Å²) in [6, 6.07) is 0. The molecule has 0 aromatic heterocycles. The highest BCUT2D eigenvalue weighted by molar-refractivity contribution is 5.79. The normalized spacial score (nSPS) is 57.0. The van der Waals surface area contributed by atoms with Gasteiger partial charge in [0, 0.05) is 5.92 Å². The van der Waals surface area contributed by atoms with Gasteiger partial charge in [-0.1, -0.05) is 20.8 Å². The van der Waals surface area contributed by atoms with Gasteiger partial charge >= 0.3 is 0 Å². The number of ketones is 1. The summed E-state index contributed by atoms with van der Waals surface area (Å²) >= 11 is 0. The molecule has 2 nitrogen and oxygen atoms in total. The number of hydrogen-bond donors (Lipinski definition) is 1. The largest absolute Gasteiger partial charge is 0.393 e. The second-order valence-corrected chi connectivity index (χ2v) is 10.6. The Hall–Kier alpha value is -0.370. The molecule has 4 fully saturated rings. The molecule has 8 atom stereocenters. The quantitative estimate of drug-likeness (QED) is 0.735. The van der Waals surface area contributed by atoms with Gasteiger partial charge in [0.15, 0.2) is 0 Å². The van der Waals surface area contributed by atoms with Crippen LogP contribution in [0, 0.1) is 39.9 Å². The fraction of sp³-hybridized carbons (Fsp3) is 0.955. The second-order valence-electron chi connectivity index (χ2n) is 10.6. The molecule has 0 bridgehead atoms. The van der Waals surface area contributed by atoms with Gasteiger partial charge in [-0.2, -0.15) is 0 Å². The summed E-state index contributed by atoms with van der Waals surface area (Å²) in [6.07, 6.45) is 10.7. The number of carbonyl (C=O) groups excluding carboxylic acids is 1. The van der Waals surface area contributed by atoms with Crippen molar-refractivity contribution in [1.82, 2.24) is 0 Å². The Morgan fingerprint density at radius 1 is 0.917 bits per heavy atom. The minimum atomic E-state index is -0.0814. The van der Waals surface area contributed by atoms with E-state index in [1.807, 2.05) is 6.92 Å². The van der Waals surface area contributed by atoms with Crippen LogP contribution in [0.4, 0.5) is 0 Å². The van der Waals surface area contributed by atoms with E-state index in [9.17, 15) is 9.90 Å². The molecule has 0 spiro atoms. The van der Waals surface area contributed by atoms with Gasteiger partial charge in [0.2, 0.25) is 0 Å². The van der Waals surface area contributed by atoms with E-state index in [1.54, 1.807) is 0 Å².